The summed E-state index contributed by atoms with van der Waals surface area (Å²) in [5, 5.41) is 1.70. The Morgan fingerprint density at radius 2 is 1.73 bits per heavy atom. The van der Waals surface area contributed by atoms with Crippen molar-refractivity contribution in [2.45, 2.75) is 31.4 Å². The van der Waals surface area contributed by atoms with Gasteiger partial charge in [-0.2, -0.15) is 0 Å². The largest absolute Gasteiger partial charge is 0.759 e. The molecule has 1 atom stereocenters. The molecule has 0 saturated carbocycles. The minimum Gasteiger partial charge on any atom is -0.759 e. The molecule has 1 aromatic carbocycles. The highest BCUT2D eigenvalue weighted by Crippen LogP contribution is 2.23. The third-order valence-electron chi connectivity index (χ3n) is 4.03. The summed E-state index contributed by atoms with van der Waals surface area (Å²) < 4.78 is 39.8. The second-order valence-electron chi connectivity index (χ2n) is 6.25. The number of amides is 2. The van der Waals surface area contributed by atoms with Gasteiger partial charge in [0, 0.05) is 28.7 Å². The van der Waals surface area contributed by atoms with E-state index in [0.717, 1.165) is 41.6 Å². The summed E-state index contributed by atoms with van der Waals surface area (Å²) in [6.07, 6.45) is 4.19. The third kappa shape index (κ3) is 8.91. The van der Waals surface area contributed by atoms with Crippen molar-refractivity contribution in [1.29, 1.82) is 0 Å². The number of pyridine rings is 1. The van der Waals surface area contributed by atoms with Crippen molar-refractivity contribution in [2.24, 2.45) is 0 Å². The highest BCUT2D eigenvalue weighted by atomic mass is 32.3. The number of ether oxygens (including phenoxy) is 1. The van der Waals surface area contributed by atoms with Gasteiger partial charge in [-0.3, -0.25) is 28.3 Å². The second-order valence-corrected chi connectivity index (χ2v) is 8.24. The first kappa shape index (κ1) is 23.8. The Morgan fingerprint density at radius 3 is 2.23 bits per heavy atom. The van der Waals surface area contributed by atoms with Crippen molar-refractivity contribution in [3.05, 3.63) is 59.4 Å². The number of imide groups is 1. The maximum absolute atomic E-state index is 11.6. The fourth-order valence-corrected chi connectivity index (χ4v) is 3.41. The molecule has 1 aliphatic rings. The fraction of sp³-hybridized carbons (Fsp3) is 0.316. The zero-order valence-electron chi connectivity index (χ0n) is 16.1. The van der Waals surface area contributed by atoms with E-state index >= 15 is 0 Å². The van der Waals surface area contributed by atoms with Crippen LogP contribution in [0.4, 0.5) is 4.79 Å². The molecule has 2 aromatic rings. The topological polar surface area (TPSA) is 149 Å². The van der Waals surface area contributed by atoms with E-state index in [-0.39, 0.29) is 16.4 Å². The number of aryl methyl sites for hydroxylation is 1. The van der Waals surface area contributed by atoms with E-state index in [9.17, 15) is 9.59 Å². The maximum Gasteiger partial charge on any atom is 0.286 e. The van der Waals surface area contributed by atoms with Gasteiger partial charge in [0.1, 0.15) is 5.75 Å². The van der Waals surface area contributed by atoms with Gasteiger partial charge in [0.15, 0.2) is 0 Å². The van der Waals surface area contributed by atoms with Crippen LogP contribution in [-0.4, -0.2) is 45.5 Å². The number of hydrogen-bond acceptors (Lipinski definition) is 9. The van der Waals surface area contributed by atoms with E-state index in [1.807, 2.05) is 36.5 Å². The number of thioether (sulfide) groups is 1. The number of hydrogen-bond donors (Lipinski definition) is 1. The molecule has 1 unspecified atom stereocenters. The first-order chi connectivity index (χ1) is 14.1. The number of aromatic nitrogens is 1. The molecule has 2 heterocycles. The van der Waals surface area contributed by atoms with Gasteiger partial charge in [-0.05, 0) is 42.2 Å². The molecule has 3 rings (SSSR count). The number of carbonyl (C=O) groups excluding carboxylic acids is 2. The van der Waals surface area contributed by atoms with E-state index in [4.69, 9.17) is 22.3 Å². The molecule has 0 spiro atoms. The summed E-state index contributed by atoms with van der Waals surface area (Å²) in [7, 11) is -5.17. The Labute approximate surface area is 178 Å². The lowest BCUT2D eigenvalue weighted by Gasteiger charge is -2.09. The van der Waals surface area contributed by atoms with Crippen molar-refractivity contribution >= 4 is 33.3 Å². The molecular formula is C19H20N2O7S2-2. The lowest BCUT2D eigenvalue weighted by atomic mass is 10.1. The van der Waals surface area contributed by atoms with Gasteiger partial charge in [-0.25, -0.2) is 0 Å². The van der Waals surface area contributed by atoms with Gasteiger partial charge in [-0.15, -0.1) is 0 Å². The SMILES string of the molecule is CCc1ccc(CCOc2ccc(CC3SC(=O)NC3=O)cc2)nc1.O=S(=O)([O-])[O-]. The van der Waals surface area contributed by atoms with Crippen molar-refractivity contribution in [3.63, 3.8) is 0 Å². The standard InChI is InChI=1S/C19H20N2O3S.H2O4S/c1-2-13-3-6-15(20-12-13)9-10-24-16-7-4-14(5-8-16)11-17-18(22)21-19(23)25-17;1-5(2,3)4/h3-8,12,17H,2,9-11H2,1H3,(H,21,22,23);(H2,1,2,3,4)/p-2. The summed E-state index contributed by atoms with van der Waals surface area (Å²) in [5.74, 6) is 0.574. The average Bonchev–Trinajstić information content (AvgIpc) is 2.99. The van der Waals surface area contributed by atoms with Gasteiger partial charge in [0.05, 0.1) is 11.9 Å². The molecule has 1 N–H and O–H groups in total. The minimum absolute atomic E-state index is 0.211. The van der Waals surface area contributed by atoms with Crippen molar-refractivity contribution in [3.8, 4) is 5.75 Å². The molecule has 0 bridgehead atoms. The van der Waals surface area contributed by atoms with Crippen LogP contribution in [0.2, 0.25) is 0 Å². The molecule has 0 radical (unpaired) electrons. The van der Waals surface area contributed by atoms with Crippen LogP contribution in [-0.2, 0) is 34.5 Å². The van der Waals surface area contributed by atoms with Crippen molar-refractivity contribution < 1.29 is 31.8 Å². The predicted octanol–water partition coefficient (Wildman–Crippen LogP) is 1.82. The maximum atomic E-state index is 11.6. The Morgan fingerprint density at radius 1 is 1.10 bits per heavy atom. The lowest BCUT2D eigenvalue weighted by molar-refractivity contribution is -0.118. The van der Waals surface area contributed by atoms with E-state index in [1.54, 1.807) is 0 Å². The van der Waals surface area contributed by atoms with Crippen molar-refractivity contribution in [2.75, 3.05) is 6.61 Å². The summed E-state index contributed by atoms with van der Waals surface area (Å²) in [4.78, 5) is 27.2. The van der Waals surface area contributed by atoms with Crippen molar-refractivity contribution in [1.82, 2.24) is 10.3 Å². The lowest BCUT2D eigenvalue weighted by Crippen LogP contribution is -2.25. The predicted molar refractivity (Wildman–Crippen MR) is 108 cm³/mol. The summed E-state index contributed by atoms with van der Waals surface area (Å²) in [5.41, 5.74) is 3.25. The summed E-state index contributed by atoms with van der Waals surface area (Å²) in [6.45, 7) is 2.67. The number of nitrogens with zero attached hydrogens (tertiary/aromatic N) is 1. The summed E-state index contributed by atoms with van der Waals surface area (Å²) >= 11 is 1.05. The normalized spacial score (nSPS) is 15.9. The first-order valence-electron chi connectivity index (χ1n) is 8.97. The average molecular weight is 453 g/mol. The highest BCUT2D eigenvalue weighted by Gasteiger charge is 2.31. The van der Waals surface area contributed by atoms with Crippen LogP contribution >= 0.6 is 11.8 Å². The van der Waals surface area contributed by atoms with E-state index < -0.39 is 10.4 Å². The van der Waals surface area contributed by atoms with Gasteiger partial charge in [-0.1, -0.05) is 36.9 Å². The van der Waals surface area contributed by atoms with Gasteiger partial charge in [0.2, 0.25) is 5.91 Å². The zero-order valence-corrected chi connectivity index (χ0v) is 17.7. The first-order valence-corrected chi connectivity index (χ1v) is 11.2. The Balaban J connectivity index is 0.000000575. The van der Waals surface area contributed by atoms with Gasteiger partial charge < -0.3 is 13.8 Å². The smallest absolute Gasteiger partial charge is 0.286 e. The zero-order chi connectivity index (χ0) is 22.1. The molecule has 11 heteroatoms. The van der Waals surface area contributed by atoms with E-state index in [0.29, 0.717) is 13.0 Å². The quantitative estimate of drug-likeness (QED) is 0.490. The van der Waals surface area contributed by atoms with Crippen LogP contribution in [0.5, 0.6) is 5.75 Å². The molecular weight excluding hydrogens is 432 g/mol. The molecule has 9 nitrogen and oxygen atoms in total. The van der Waals surface area contributed by atoms with E-state index in [2.05, 4.69) is 23.3 Å². The molecule has 1 aromatic heterocycles. The summed E-state index contributed by atoms with van der Waals surface area (Å²) in [6, 6.07) is 11.8. The monoisotopic (exact) mass is 452 g/mol. The molecule has 2 amide bonds. The number of nitrogens with one attached hydrogen (secondary N) is 1. The number of benzene rings is 1. The molecule has 30 heavy (non-hydrogen) atoms. The molecule has 1 fully saturated rings. The van der Waals surface area contributed by atoms with Crippen LogP contribution in [0, 0.1) is 0 Å². The van der Waals surface area contributed by atoms with Crippen LogP contribution in [0.3, 0.4) is 0 Å². The third-order valence-corrected chi connectivity index (χ3v) is 5.01. The van der Waals surface area contributed by atoms with Gasteiger partial charge >= 0.3 is 0 Å². The fourth-order valence-electron chi connectivity index (χ4n) is 2.55. The van der Waals surface area contributed by atoms with Crippen LogP contribution < -0.4 is 10.1 Å². The van der Waals surface area contributed by atoms with Crippen LogP contribution in [0.1, 0.15) is 23.7 Å². The molecule has 0 aliphatic carbocycles. The van der Waals surface area contributed by atoms with Crippen LogP contribution in [0.25, 0.3) is 0 Å². The Hall–Kier alpha value is -2.47. The molecule has 1 aliphatic heterocycles. The number of rotatable bonds is 7. The second kappa shape index (κ2) is 11.1. The Kier molecular flexibility index (Phi) is 8.78. The minimum atomic E-state index is -5.17. The van der Waals surface area contributed by atoms with Crippen LogP contribution in [0.15, 0.2) is 42.6 Å². The van der Waals surface area contributed by atoms with E-state index in [1.165, 1.54) is 5.56 Å². The molecule has 1 saturated heterocycles. The highest BCUT2D eigenvalue weighted by molar-refractivity contribution is 8.15. The number of carbonyl (C=O) groups is 2. The van der Waals surface area contributed by atoms with Gasteiger partial charge in [0.25, 0.3) is 5.24 Å². The Bertz CT molecular complexity index is 953. The molecule has 162 valence electrons.